The maximum atomic E-state index is 12.9. The van der Waals surface area contributed by atoms with Gasteiger partial charge >= 0.3 is 0 Å². The number of hydrogen-bond donors (Lipinski definition) is 0. The van der Waals surface area contributed by atoms with E-state index in [9.17, 15) is 4.79 Å². The number of carbonyl (C=O) groups excluding carboxylic acids is 1. The van der Waals surface area contributed by atoms with E-state index in [0.29, 0.717) is 18.7 Å². The Bertz CT molecular complexity index is 827. The summed E-state index contributed by atoms with van der Waals surface area (Å²) in [5.74, 6) is 0.764. The van der Waals surface area contributed by atoms with Gasteiger partial charge in [0.1, 0.15) is 12.4 Å². The summed E-state index contributed by atoms with van der Waals surface area (Å²) in [5.41, 5.74) is 2.98. The smallest absolute Gasteiger partial charge is 0.253 e. The number of hydrogen-bond acceptors (Lipinski definition) is 5. The van der Waals surface area contributed by atoms with Crippen LogP contribution in [0.3, 0.4) is 0 Å². The van der Waals surface area contributed by atoms with Crippen LogP contribution < -0.4 is 9.64 Å². The topological polar surface area (TPSA) is 51.2 Å². The minimum atomic E-state index is -0.00235. The van der Waals surface area contributed by atoms with E-state index in [2.05, 4.69) is 17.0 Å². The Morgan fingerprint density at radius 1 is 1.10 bits per heavy atom. The molecular formula is C24H30N2O4. The predicted octanol–water partition coefficient (Wildman–Crippen LogP) is 3.35. The summed E-state index contributed by atoms with van der Waals surface area (Å²) in [6, 6.07) is 15.7. The molecule has 2 fully saturated rings. The maximum Gasteiger partial charge on any atom is 0.253 e. The van der Waals surface area contributed by atoms with Gasteiger partial charge in [0.2, 0.25) is 0 Å². The van der Waals surface area contributed by atoms with Gasteiger partial charge in [0.15, 0.2) is 0 Å². The van der Waals surface area contributed by atoms with Crippen molar-refractivity contribution in [2.24, 2.45) is 0 Å². The Balaban J connectivity index is 1.36. The summed E-state index contributed by atoms with van der Waals surface area (Å²) in [6.45, 7) is 5.18. The number of amides is 1. The van der Waals surface area contributed by atoms with E-state index in [0.717, 1.165) is 57.1 Å². The molecule has 0 aromatic heterocycles. The van der Waals surface area contributed by atoms with Crippen LogP contribution in [-0.4, -0.2) is 63.5 Å². The Hall–Kier alpha value is -2.57. The Morgan fingerprint density at radius 3 is 2.60 bits per heavy atom. The van der Waals surface area contributed by atoms with E-state index in [1.165, 1.54) is 5.69 Å². The molecule has 0 spiro atoms. The highest BCUT2D eigenvalue weighted by molar-refractivity contribution is 5.94. The summed E-state index contributed by atoms with van der Waals surface area (Å²) in [6.07, 6.45) is 2.33. The Labute approximate surface area is 178 Å². The molecule has 4 rings (SSSR count). The molecule has 30 heavy (non-hydrogen) atoms. The van der Waals surface area contributed by atoms with E-state index < -0.39 is 0 Å². The zero-order valence-electron chi connectivity index (χ0n) is 17.6. The molecule has 1 atom stereocenters. The van der Waals surface area contributed by atoms with Crippen molar-refractivity contribution in [2.75, 3.05) is 51.5 Å². The van der Waals surface area contributed by atoms with Crippen LogP contribution in [0.4, 0.5) is 5.69 Å². The van der Waals surface area contributed by atoms with Gasteiger partial charge < -0.3 is 24.0 Å². The molecule has 2 aliphatic rings. The van der Waals surface area contributed by atoms with Crippen molar-refractivity contribution in [3.63, 3.8) is 0 Å². The van der Waals surface area contributed by atoms with Gasteiger partial charge in [-0.2, -0.15) is 0 Å². The van der Waals surface area contributed by atoms with Crippen LogP contribution in [0.2, 0.25) is 0 Å². The van der Waals surface area contributed by atoms with Crippen molar-refractivity contribution in [3.05, 3.63) is 59.7 Å². The summed E-state index contributed by atoms with van der Waals surface area (Å²) in [7, 11) is 1.85. The van der Waals surface area contributed by atoms with Crippen LogP contribution >= 0.6 is 0 Å². The first-order valence-electron chi connectivity index (χ1n) is 10.7. The van der Waals surface area contributed by atoms with Crippen LogP contribution in [-0.2, 0) is 16.0 Å². The normalized spacial score (nSPS) is 19.0. The van der Waals surface area contributed by atoms with E-state index in [1.54, 1.807) is 4.90 Å². The average molecular weight is 411 g/mol. The summed E-state index contributed by atoms with van der Waals surface area (Å²) in [4.78, 5) is 17.0. The molecule has 0 radical (unpaired) electrons. The van der Waals surface area contributed by atoms with Crippen molar-refractivity contribution < 1.29 is 19.0 Å². The monoisotopic (exact) mass is 410 g/mol. The zero-order chi connectivity index (χ0) is 20.8. The summed E-state index contributed by atoms with van der Waals surface area (Å²) < 4.78 is 16.9. The maximum absolute atomic E-state index is 12.9. The SMILES string of the molecule is CN(Cc1ccccc1N1CCOCC1)C(=O)c1ccc(OC[C@H]2CCCO2)cc1. The van der Waals surface area contributed by atoms with Crippen molar-refractivity contribution in [1.82, 2.24) is 4.90 Å². The predicted molar refractivity (Wildman–Crippen MR) is 116 cm³/mol. The molecule has 0 saturated carbocycles. The molecule has 2 aromatic carbocycles. The largest absolute Gasteiger partial charge is 0.491 e. The van der Waals surface area contributed by atoms with Gasteiger partial charge in [0, 0.05) is 44.5 Å². The first kappa shape index (κ1) is 20.7. The zero-order valence-corrected chi connectivity index (χ0v) is 17.6. The van der Waals surface area contributed by atoms with Gasteiger partial charge in [-0.15, -0.1) is 0 Å². The highest BCUT2D eigenvalue weighted by atomic mass is 16.5. The number of carbonyl (C=O) groups is 1. The van der Waals surface area contributed by atoms with E-state index in [-0.39, 0.29) is 12.0 Å². The first-order chi connectivity index (χ1) is 14.7. The fourth-order valence-corrected chi connectivity index (χ4v) is 3.96. The second-order valence-corrected chi connectivity index (χ2v) is 7.86. The van der Waals surface area contributed by atoms with Crippen LogP contribution in [0.5, 0.6) is 5.75 Å². The number of para-hydroxylation sites is 1. The van der Waals surface area contributed by atoms with Crippen LogP contribution in [0.25, 0.3) is 0 Å². The second kappa shape index (κ2) is 9.96. The minimum absolute atomic E-state index is 0.00235. The highest BCUT2D eigenvalue weighted by Crippen LogP contribution is 2.24. The van der Waals surface area contributed by atoms with Crippen molar-refractivity contribution in [3.8, 4) is 5.75 Å². The molecule has 160 valence electrons. The highest BCUT2D eigenvalue weighted by Gasteiger charge is 2.19. The number of morpholine rings is 1. The molecule has 6 nitrogen and oxygen atoms in total. The van der Waals surface area contributed by atoms with Crippen LogP contribution in [0, 0.1) is 0 Å². The third-order valence-electron chi connectivity index (χ3n) is 5.66. The lowest BCUT2D eigenvalue weighted by atomic mass is 10.1. The van der Waals surface area contributed by atoms with Crippen molar-refractivity contribution >= 4 is 11.6 Å². The lowest BCUT2D eigenvalue weighted by Gasteiger charge is -2.31. The average Bonchev–Trinajstić information content (AvgIpc) is 3.32. The van der Waals surface area contributed by atoms with Crippen molar-refractivity contribution in [2.45, 2.75) is 25.5 Å². The van der Waals surface area contributed by atoms with Gasteiger partial charge in [-0.3, -0.25) is 4.79 Å². The first-order valence-corrected chi connectivity index (χ1v) is 10.7. The number of benzene rings is 2. The quantitative estimate of drug-likeness (QED) is 0.701. The van der Waals surface area contributed by atoms with Crippen LogP contribution in [0.15, 0.2) is 48.5 Å². The molecule has 0 bridgehead atoms. The number of anilines is 1. The third-order valence-corrected chi connectivity index (χ3v) is 5.66. The molecule has 1 amide bonds. The van der Waals surface area contributed by atoms with Crippen LogP contribution in [0.1, 0.15) is 28.8 Å². The molecule has 0 aliphatic carbocycles. The van der Waals surface area contributed by atoms with Gasteiger partial charge in [-0.05, 0) is 48.7 Å². The molecule has 0 N–H and O–H groups in total. The van der Waals surface area contributed by atoms with E-state index in [4.69, 9.17) is 14.2 Å². The molecule has 2 heterocycles. The van der Waals surface area contributed by atoms with E-state index >= 15 is 0 Å². The molecule has 2 aliphatic heterocycles. The second-order valence-electron chi connectivity index (χ2n) is 7.86. The summed E-state index contributed by atoms with van der Waals surface area (Å²) >= 11 is 0. The Morgan fingerprint density at radius 2 is 1.87 bits per heavy atom. The third kappa shape index (κ3) is 5.12. The molecule has 2 aromatic rings. The van der Waals surface area contributed by atoms with Gasteiger partial charge in [-0.25, -0.2) is 0 Å². The van der Waals surface area contributed by atoms with E-state index in [1.807, 2.05) is 43.4 Å². The number of nitrogens with zero attached hydrogens (tertiary/aromatic N) is 2. The minimum Gasteiger partial charge on any atom is -0.491 e. The molecule has 0 unspecified atom stereocenters. The van der Waals surface area contributed by atoms with Gasteiger partial charge in [0.25, 0.3) is 5.91 Å². The van der Waals surface area contributed by atoms with Gasteiger partial charge in [0.05, 0.1) is 19.3 Å². The standard InChI is InChI=1S/C24H30N2O4/c1-25(17-20-5-2-3-7-23(20)26-12-15-28-16-13-26)24(27)19-8-10-21(11-9-19)30-18-22-6-4-14-29-22/h2-3,5,7-11,22H,4,6,12-18H2,1H3/t22-/m1/s1. The van der Waals surface area contributed by atoms with Gasteiger partial charge in [-0.1, -0.05) is 18.2 Å². The summed E-state index contributed by atoms with van der Waals surface area (Å²) in [5, 5.41) is 0. The Kier molecular flexibility index (Phi) is 6.87. The number of rotatable bonds is 7. The lowest BCUT2D eigenvalue weighted by molar-refractivity contribution is 0.0679. The van der Waals surface area contributed by atoms with Crippen molar-refractivity contribution in [1.29, 1.82) is 0 Å². The fourth-order valence-electron chi connectivity index (χ4n) is 3.96. The fraction of sp³-hybridized carbons (Fsp3) is 0.458. The molecule has 2 saturated heterocycles. The molecular weight excluding hydrogens is 380 g/mol. The number of ether oxygens (including phenoxy) is 3. The molecule has 6 heteroatoms. The lowest BCUT2D eigenvalue weighted by Crippen LogP contribution is -2.37.